The van der Waals surface area contributed by atoms with Crippen molar-refractivity contribution in [1.29, 1.82) is 0 Å². The lowest BCUT2D eigenvalue weighted by molar-refractivity contribution is -0.203. The highest BCUT2D eigenvalue weighted by molar-refractivity contribution is 5.76. The van der Waals surface area contributed by atoms with E-state index < -0.39 is 5.60 Å². The lowest BCUT2D eigenvalue weighted by Crippen LogP contribution is -2.62. The second kappa shape index (κ2) is 8.75. The predicted molar refractivity (Wildman–Crippen MR) is 137 cm³/mol. The maximum Gasteiger partial charge on any atom is 0.335 e. The van der Waals surface area contributed by atoms with Gasteiger partial charge in [-0.15, -0.1) is 0 Å². The van der Waals surface area contributed by atoms with Crippen molar-refractivity contribution >= 4 is 5.91 Å². The lowest BCUT2D eigenvalue weighted by Gasteiger charge is -2.64. The molecule has 5 nitrogen and oxygen atoms in total. The monoisotopic (exact) mass is 483 g/mol. The van der Waals surface area contributed by atoms with E-state index in [1.165, 1.54) is 6.07 Å². The second-order valence-electron chi connectivity index (χ2n) is 13.4. The summed E-state index contributed by atoms with van der Waals surface area (Å²) >= 11 is 0. The molecule has 1 amide bonds. The average Bonchev–Trinajstić information content (AvgIpc) is 3.09. The third-order valence-electron chi connectivity index (χ3n) is 11.5. The van der Waals surface area contributed by atoms with Gasteiger partial charge in [0.2, 0.25) is 5.91 Å². The Morgan fingerprint density at radius 1 is 1.09 bits per heavy atom. The molecule has 5 rings (SSSR count). The Kier molecular flexibility index (Phi) is 6.26. The quantitative estimate of drug-likeness (QED) is 0.592. The zero-order valence-electron chi connectivity index (χ0n) is 22.4. The summed E-state index contributed by atoms with van der Waals surface area (Å²) in [4.78, 5) is 26.3. The number of carbonyl (C=O) groups is 1. The Bertz CT molecular complexity index is 997. The molecule has 4 fully saturated rings. The van der Waals surface area contributed by atoms with Crippen LogP contribution in [0.5, 0.6) is 0 Å². The van der Waals surface area contributed by atoms with Gasteiger partial charge in [-0.3, -0.25) is 4.79 Å². The molecule has 0 spiro atoms. The molecule has 8 atom stereocenters. The molecule has 5 heteroatoms. The van der Waals surface area contributed by atoms with Crippen LogP contribution in [0.25, 0.3) is 0 Å². The fraction of sp³-hybridized carbons (Fsp3) is 0.800. The number of aliphatic hydroxyl groups is 1. The Morgan fingerprint density at radius 2 is 1.86 bits per heavy atom. The molecule has 35 heavy (non-hydrogen) atoms. The molecule has 4 aliphatic carbocycles. The molecule has 4 aliphatic rings. The molecule has 0 aromatic carbocycles. The van der Waals surface area contributed by atoms with E-state index >= 15 is 0 Å². The normalized spacial score (nSPS) is 42.8. The van der Waals surface area contributed by atoms with Crippen LogP contribution in [0.4, 0.5) is 0 Å². The molecule has 1 heterocycles. The molecule has 0 radical (unpaired) electrons. The Morgan fingerprint density at radius 3 is 2.54 bits per heavy atom. The molecular weight excluding hydrogens is 438 g/mol. The van der Waals surface area contributed by atoms with Gasteiger partial charge < -0.3 is 14.4 Å². The summed E-state index contributed by atoms with van der Waals surface area (Å²) in [6.07, 6.45) is 11.8. The van der Waals surface area contributed by atoms with E-state index in [0.717, 1.165) is 63.4 Å². The van der Waals surface area contributed by atoms with Crippen LogP contribution in [-0.2, 0) is 4.79 Å². The Labute approximate surface area is 210 Å². The van der Waals surface area contributed by atoms with Gasteiger partial charge in [-0.2, -0.15) is 0 Å². The average molecular weight is 484 g/mol. The fourth-order valence-electron chi connectivity index (χ4n) is 9.35. The van der Waals surface area contributed by atoms with Gasteiger partial charge in [0, 0.05) is 31.0 Å². The van der Waals surface area contributed by atoms with E-state index in [1.807, 2.05) is 13.1 Å². The summed E-state index contributed by atoms with van der Waals surface area (Å²) in [5.74, 6) is 2.43. The minimum atomic E-state index is -0.661. The highest BCUT2D eigenvalue weighted by Gasteiger charge is 2.67. The van der Waals surface area contributed by atoms with Crippen molar-refractivity contribution in [2.24, 2.45) is 34.5 Å². The molecule has 1 aromatic heterocycles. The highest BCUT2D eigenvalue weighted by Crippen LogP contribution is 2.70. The first kappa shape index (κ1) is 25.0. The number of hydrogen-bond donors (Lipinski definition) is 1. The first-order valence-corrected chi connectivity index (χ1v) is 14.1. The number of rotatable bonds is 4. The van der Waals surface area contributed by atoms with Crippen LogP contribution in [0, 0.1) is 34.5 Å². The van der Waals surface area contributed by atoms with E-state index in [2.05, 4.69) is 32.6 Å². The van der Waals surface area contributed by atoms with Crippen molar-refractivity contribution in [2.75, 3.05) is 7.05 Å². The van der Waals surface area contributed by atoms with Gasteiger partial charge in [0.25, 0.3) is 0 Å². The number of amides is 1. The molecule has 0 saturated heterocycles. The second-order valence-corrected chi connectivity index (χ2v) is 13.4. The summed E-state index contributed by atoms with van der Waals surface area (Å²) in [5, 5.41) is 12.4. The van der Waals surface area contributed by atoms with E-state index in [0.29, 0.717) is 42.0 Å². The predicted octanol–water partition coefficient (Wildman–Crippen LogP) is 5.75. The molecule has 4 saturated carbocycles. The van der Waals surface area contributed by atoms with Crippen LogP contribution in [-0.4, -0.2) is 34.6 Å². The van der Waals surface area contributed by atoms with E-state index in [9.17, 15) is 14.7 Å². The van der Waals surface area contributed by atoms with Crippen molar-refractivity contribution in [2.45, 2.75) is 109 Å². The van der Waals surface area contributed by atoms with Crippen LogP contribution in [0.15, 0.2) is 27.6 Å². The molecule has 194 valence electrons. The molecule has 0 bridgehead atoms. The topological polar surface area (TPSA) is 70.8 Å². The highest BCUT2D eigenvalue weighted by atomic mass is 16.4. The van der Waals surface area contributed by atoms with E-state index in [1.54, 1.807) is 6.26 Å². The van der Waals surface area contributed by atoms with Crippen molar-refractivity contribution < 1.29 is 14.3 Å². The Balaban J connectivity index is 1.35. The van der Waals surface area contributed by atoms with E-state index in [4.69, 9.17) is 4.42 Å². The maximum absolute atomic E-state index is 12.8. The van der Waals surface area contributed by atoms with Crippen molar-refractivity contribution in [3.05, 3.63) is 34.4 Å². The Hall–Kier alpha value is -1.62. The van der Waals surface area contributed by atoms with Gasteiger partial charge in [0.05, 0.1) is 11.9 Å². The largest absolute Gasteiger partial charge is 0.431 e. The third-order valence-corrected chi connectivity index (χ3v) is 11.5. The first-order valence-electron chi connectivity index (χ1n) is 14.1. The van der Waals surface area contributed by atoms with Crippen molar-refractivity contribution in [1.82, 2.24) is 4.90 Å². The van der Waals surface area contributed by atoms with Gasteiger partial charge in [-0.05, 0) is 104 Å². The summed E-state index contributed by atoms with van der Waals surface area (Å²) in [5.41, 5.74) is 0.157. The zero-order valence-corrected chi connectivity index (χ0v) is 22.4. The fourth-order valence-corrected chi connectivity index (χ4v) is 9.35. The first-order chi connectivity index (χ1) is 16.5. The van der Waals surface area contributed by atoms with Crippen LogP contribution < -0.4 is 5.63 Å². The minimum Gasteiger partial charge on any atom is -0.431 e. The van der Waals surface area contributed by atoms with Gasteiger partial charge >= 0.3 is 5.63 Å². The van der Waals surface area contributed by atoms with Crippen molar-refractivity contribution in [3.8, 4) is 0 Å². The SMILES string of the molecule is CC(C)CC(=O)N(C)C1CC[C@@]2(C)C(CCC3C2CC[C@]2(C)[C@@H](c4ccc(=O)oc4)CC[C@]32O)C1. The summed E-state index contributed by atoms with van der Waals surface area (Å²) < 4.78 is 5.22. The van der Waals surface area contributed by atoms with Crippen LogP contribution in [0.1, 0.15) is 103 Å². The van der Waals surface area contributed by atoms with Gasteiger partial charge in [-0.25, -0.2) is 4.79 Å². The zero-order chi connectivity index (χ0) is 25.2. The standard InChI is InChI=1S/C30H45NO4/c1-19(2)16-26(32)31(5)22-10-13-28(3)21(17-22)7-8-25-24(28)11-14-29(4)23(12-15-30(25,29)34)20-6-9-27(33)35-18-20/h6,9,18-19,21-25,34H,7-8,10-17H2,1-5H3/t21?,22?,23-,24?,25?,28+,29-,30+/m1/s1. The summed E-state index contributed by atoms with van der Waals surface area (Å²) in [6, 6.07) is 3.79. The third kappa shape index (κ3) is 3.83. The summed E-state index contributed by atoms with van der Waals surface area (Å²) in [6.45, 7) is 9.04. The minimum absolute atomic E-state index is 0.183. The number of hydrogen-bond acceptors (Lipinski definition) is 4. The van der Waals surface area contributed by atoms with Gasteiger partial charge in [0.15, 0.2) is 0 Å². The molecular formula is C30H45NO4. The smallest absolute Gasteiger partial charge is 0.335 e. The molecule has 0 aliphatic heterocycles. The number of nitrogens with zero attached hydrogens (tertiary/aromatic N) is 1. The van der Waals surface area contributed by atoms with Crippen LogP contribution in [0.2, 0.25) is 0 Å². The van der Waals surface area contributed by atoms with Crippen LogP contribution in [0.3, 0.4) is 0 Å². The van der Waals surface area contributed by atoms with Crippen molar-refractivity contribution in [3.63, 3.8) is 0 Å². The molecule has 1 aromatic rings. The van der Waals surface area contributed by atoms with Gasteiger partial charge in [-0.1, -0.05) is 27.7 Å². The van der Waals surface area contributed by atoms with Gasteiger partial charge in [0.1, 0.15) is 0 Å². The maximum atomic E-state index is 12.8. The molecule has 4 unspecified atom stereocenters. The number of carbonyl (C=O) groups excluding carboxylic acids is 1. The lowest BCUT2D eigenvalue weighted by atomic mass is 9.43. The summed E-state index contributed by atoms with van der Waals surface area (Å²) in [7, 11) is 2.02. The van der Waals surface area contributed by atoms with Crippen LogP contribution >= 0.6 is 0 Å². The van der Waals surface area contributed by atoms with E-state index in [-0.39, 0.29) is 22.4 Å². The molecule has 1 N–H and O–H groups in total. The number of fused-ring (bicyclic) bond motifs is 5.